The zero-order chi connectivity index (χ0) is 22.0. The molecule has 0 saturated carbocycles. The molecule has 1 N–H and O–H groups in total. The number of aromatic nitrogens is 1. The molecule has 2 aromatic carbocycles. The summed E-state index contributed by atoms with van der Waals surface area (Å²) in [6.07, 6.45) is 0. The molecule has 0 aliphatic carbocycles. The second-order valence-electron chi connectivity index (χ2n) is 8.04. The number of halogens is 1. The van der Waals surface area contributed by atoms with E-state index in [-0.39, 0.29) is 6.03 Å². The van der Waals surface area contributed by atoms with Crippen LogP contribution in [0.15, 0.2) is 46.9 Å². The molecular weight excluding hydrogens is 412 g/mol. The number of urea groups is 1. The molecule has 0 bridgehead atoms. The van der Waals surface area contributed by atoms with Gasteiger partial charge in [-0.25, -0.2) is 9.78 Å². The molecule has 2 amide bonds. The van der Waals surface area contributed by atoms with E-state index in [9.17, 15) is 4.79 Å². The second-order valence-corrected chi connectivity index (χ2v) is 8.48. The van der Waals surface area contributed by atoms with Crippen LogP contribution < -0.4 is 5.32 Å². The van der Waals surface area contributed by atoms with Crippen LogP contribution in [-0.4, -0.2) is 47.0 Å². The number of aryl methyl sites for hydroxylation is 3. The van der Waals surface area contributed by atoms with Crippen LogP contribution in [0, 0.1) is 20.8 Å². The number of anilines is 1. The summed E-state index contributed by atoms with van der Waals surface area (Å²) in [5, 5.41) is 3.59. The summed E-state index contributed by atoms with van der Waals surface area (Å²) in [6, 6.07) is 13.6. The van der Waals surface area contributed by atoms with Gasteiger partial charge >= 0.3 is 6.03 Å². The number of oxazole rings is 1. The van der Waals surface area contributed by atoms with Crippen molar-refractivity contribution in [3.05, 3.63) is 70.1 Å². The fourth-order valence-corrected chi connectivity index (χ4v) is 3.81. The van der Waals surface area contributed by atoms with Crippen LogP contribution in [0.2, 0.25) is 5.02 Å². The van der Waals surface area contributed by atoms with Gasteiger partial charge in [-0.05, 0) is 50.6 Å². The molecule has 1 aromatic heterocycles. The number of nitrogens with one attached hydrogen (secondary N) is 1. The van der Waals surface area contributed by atoms with Gasteiger partial charge in [-0.3, -0.25) is 4.90 Å². The Morgan fingerprint density at radius 1 is 1.06 bits per heavy atom. The lowest BCUT2D eigenvalue weighted by Crippen LogP contribution is -2.49. The van der Waals surface area contributed by atoms with Crippen molar-refractivity contribution in [2.45, 2.75) is 27.3 Å². The van der Waals surface area contributed by atoms with Crippen LogP contribution in [0.25, 0.3) is 11.5 Å². The largest absolute Gasteiger partial charge is 0.441 e. The standard InChI is InChI=1S/C24H27ClN4O2/c1-16-4-7-19(8-5-16)23-26-22(18(3)31-23)15-28-10-12-29(13-11-28)24(30)27-21-14-20(25)9-6-17(21)2/h4-9,14H,10-13,15H2,1-3H3,(H,27,30). The number of hydrogen-bond acceptors (Lipinski definition) is 4. The van der Waals surface area contributed by atoms with Crippen LogP contribution >= 0.6 is 11.6 Å². The highest BCUT2D eigenvalue weighted by Gasteiger charge is 2.23. The van der Waals surface area contributed by atoms with Crippen LogP contribution in [0.3, 0.4) is 0 Å². The van der Waals surface area contributed by atoms with E-state index in [2.05, 4.69) is 29.3 Å². The van der Waals surface area contributed by atoms with Gasteiger partial charge in [0, 0.05) is 49.0 Å². The number of nitrogens with zero attached hydrogens (tertiary/aromatic N) is 3. The van der Waals surface area contributed by atoms with Gasteiger partial charge in [0.2, 0.25) is 5.89 Å². The lowest BCUT2D eigenvalue weighted by atomic mass is 10.1. The van der Waals surface area contributed by atoms with E-state index in [0.29, 0.717) is 30.5 Å². The molecule has 0 spiro atoms. The molecule has 31 heavy (non-hydrogen) atoms. The van der Waals surface area contributed by atoms with E-state index >= 15 is 0 Å². The van der Waals surface area contributed by atoms with Gasteiger partial charge in [-0.15, -0.1) is 0 Å². The molecule has 6 nitrogen and oxygen atoms in total. The number of benzene rings is 2. The summed E-state index contributed by atoms with van der Waals surface area (Å²) in [5.41, 5.74) is 4.88. The summed E-state index contributed by atoms with van der Waals surface area (Å²) < 4.78 is 5.91. The number of carbonyl (C=O) groups is 1. The highest BCUT2D eigenvalue weighted by molar-refractivity contribution is 6.31. The third kappa shape index (κ3) is 5.09. The zero-order valence-electron chi connectivity index (χ0n) is 18.1. The summed E-state index contributed by atoms with van der Waals surface area (Å²) in [4.78, 5) is 21.5. The molecule has 1 fully saturated rings. The Kier molecular flexibility index (Phi) is 6.30. The molecular formula is C24H27ClN4O2. The van der Waals surface area contributed by atoms with E-state index in [1.54, 1.807) is 6.07 Å². The normalized spacial score (nSPS) is 14.6. The predicted molar refractivity (Wildman–Crippen MR) is 123 cm³/mol. The molecule has 1 aliphatic rings. The van der Waals surface area contributed by atoms with Crippen molar-refractivity contribution in [3.8, 4) is 11.5 Å². The Morgan fingerprint density at radius 3 is 2.48 bits per heavy atom. The van der Waals surface area contributed by atoms with Crippen LogP contribution in [-0.2, 0) is 6.54 Å². The van der Waals surface area contributed by atoms with Crippen molar-refractivity contribution in [1.82, 2.24) is 14.8 Å². The minimum atomic E-state index is -0.0932. The Morgan fingerprint density at radius 2 is 1.77 bits per heavy atom. The molecule has 162 valence electrons. The number of amides is 2. The monoisotopic (exact) mass is 438 g/mol. The SMILES string of the molecule is Cc1ccc(-c2nc(CN3CCN(C(=O)Nc4cc(Cl)ccc4C)CC3)c(C)o2)cc1. The number of piperazine rings is 1. The zero-order valence-corrected chi connectivity index (χ0v) is 18.9. The van der Waals surface area contributed by atoms with E-state index in [0.717, 1.165) is 41.4 Å². The van der Waals surface area contributed by atoms with E-state index < -0.39 is 0 Å². The Hall–Kier alpha value is -2.83. The van der Waals surface area contributed by atoms with Crippen molar-refractivity contribution < 1.29 is 9.21 Å². The average molecular weight is 439 g/mol. The van der Waals surface area contributed by atoms with E-state index in [4.69, 9.17) is 21.0 Å². The summed E-state index contributed by atoms with van der Waals surface area (Å²) in [7, 11) is 0. The third-order valence-corrected chi connectivity index (χ3v) is 5.90. The number of rotatable bonds is 4. The predicted octanol–water partition coefficient (Wildman–Crippen LogP) is 5.27. The van der Waals surface area contributed by atoms with Crippen LogP contribution in [0.4, 0.5) is 10.5 Å². The average Bonchev–Trinajstić information content (AvgIpc) is 3.12. The van der Waals surface area contributed by atoms with Gasteiger partial charge < -0.3 is 14.6 Å². The first-order valence-corrected chi connectivity index (χ1v) is 10.8. The third-order valence-electron chi connectivity index (χ3n) is 5.67. The van der Waals surface area contributed by atoms with Gasteiger partial charge in [0.1, 0.15) is 5.76 Å². The first-order valence-electron chi connectivity index (χ1n) is 10.5. The summed E-state index contributed by atoms with van der Waals surface area (Å²) in [5.74, 6) is 1.49. The maximum absolute atomic E-state index is 12.7. The highest BCUT2D eigenvalue weighted by Crippen LogP contribution is 2.24. The molecule has 0 unspecified atom stereocenters. The first kappa shape index (κ1) is 21.4. The molecule has 4 rings (SSSR count). The fraction of sp³-hybridized carbons (Fsp3) is 0.333. The number of carbonyl (C=O) groups excluding carboxylic acids is 1. The van der Waals surface area contributed by atoms with Gasteiger partial charge in [-0.2, -0.15) is 0 Å². The quantitative estimate of drug-likeness (QED) is 0.602. The minimum absolute atomic E-state index is 0.0932. The van der Waals surface area contributed by atoms with Crippen LogP contribution in [0.1, 0.15) is 22.6 Å². The summed E-state index contributed by atoms with van der Waals surface area (Å²) >= 11 is 6.06. The molecule has 7 heteroatoms. The van der Waals surface area contributed by atoms with Gasteiger partial charge in [-0.1, -0.05) is 35.4 Å². The lowest BCUT2D eigenvalue weighted by molar-refractivity contribution is 0.141. The maximum Gasteiger partial charge on any atom is 0.321 e. The van der Waals surface area contributed by atoms with Crippen molar-refractivity contribution in [2.24, 2.45) is 0 Å². The Bertz CT molecular complexity index is 1070. The highest BCUT2D eigenvalue weighted by atomic mass is 35.5. The molecule has 0 radical (unpaired) electrons. The van der Waals surface area contributed by atoms with Gasteiger partial charge in [0.05, 0.1) is 5.69 Å². The molecule has 1 saturated heterocycles. The van der Waals surface area contributed by atoms with Crippen molar-refractivity contribution in [3.63, 3.8) is 0 Å². The molecule has 3 aromatic rings. The molecule has 2 heterocycles. The second kappa shape index (κ2) is 9.12. The molecule has 0 atom stereocenters. The van der Waals surface area contributed by atoms with Crippen molar-refractivity contribution in [1.29, 1.82) is 0 Å². The van der Waals surface area contributed by atoms with Crippen LogP contribution in [0.5, 0.6) is 0 Å². The number of hydrogen-bond donors (Lipinski definition) is 1. The first-order chi connectivity index (χ1) is 14.9. The minimum Gasteiger partial charge on any atom is -0.441 e. The fourth-order valence-electron chi connectivity index (χ4n) is 3.64. The lowest BCUT2D eigenvalue weighted by Gasteiger charge is -2.34. The smallest absolute Gasteiger partial charge is 0.321 e. The summed E-state index contributed by atoms with van der Waals surface area (Å²) in [6.45, 7) is 9.57. The van der Waals surface area contributed by atoms with Crippen molar-refractivity contribution >= 4 is 23.3 Å². The Balaban J connectivity index is 1.33. The topological polar surface area (TPSA) is 61.6 Å². The van der Waals surface area contributed by atoms with Gasteiger partial charge in [0.25, 0.3) is 0 Å². The Labute approximate surface area is 187 Å². The maximum atomic E-state index is 12.7. The van der Waals surface area contributed by atoms with E-state index in [1.807, 2.05) is 43.0 Å². The van der Waals surface area contributed by atoms with E-state index in [1.165, 1.54) is 5.56 Å². The van der Waals surface area contributed by atoms with Gasteiger partial charge in [0.15, 0.2) is 0 Å². The molecule has 1 aliphatic heterocycles. The van der Waals surface area contributed by atoms with Crippen molar-refractivity contribution in [2.75, 3.05) is 31.5 Å².